The zero-order chi connectivity index (χ0) is 24.7. The highest BCUT2D eigenvalue weighted by molar-refractivity contribution is 7.80. The number of ether oxygens (including phenoxy) is 2. The molecule has 4 N–H and O–H groups in total. The van der Waals surface area contributed by atoms with Gasteiger partial charge in [-0.1, -0.05) is 29.3 Å². The van der Waals surface area contributed by atoms with Crippen molar-refractivity contribution in [1.29, 1.82) is 0 Å². The van der Waals surface area contributed by atoms with Crippen molar-refractivity contribution in [3.05, 3.63) is 76.3 Å². The summed E-state index contributed by atoms with van der Waals surface area (Å²) in [5.74, 6) is 0.0463. The van der Waals surface area contributed by atoms with Crippen molar-refractivity contribution in [2.24, 2.45) is 0 Å². The number of thiocarbonyl (C=S) groups is 1. The van der Waals surface area contributed by atoms with E-state index >= 15 is 0 Å². The average molecular weight is 519 g/mol. The van der Waals surface area contributed by atoms with Crippen LogP contribution >= 0.6 is 35.4 Å². The highest BCUT2D eigenvalue weighted by atomic mass is 35.5. The van der Waals surface area contributed by atoms with Gasteiger partial charge in [-0.25, -0.2) is 9.59 Å². The molecule has 0 aromatic heterocycles. The van der Waals surface area contributed by atoms with Crippen molar-refractivity contribution < 1.29 is 19.1 Å². The van der Waals surface area contributed by atoms with E-state index in [1.54, 1.807) is 60.7 Å². The number of carbonyl (C=O) groups excluding carboxylic acids is 2. The number of hydrogen-bond donors (Lipinski definition) is 4. The maximum absolute atomic E-state index is 12.4. The fourth-order valence-corrected chi connectivity index (χ4v) is 3.40. The molecule has 0 atom stereocenters. The van der Waals surface area contributed by atoms with Crippen LogP contribution in [0.5, 0.6) is 5.75 Å². The summed E-state index contributed by atoms with van der Waals surface area (Å²) in [5.41, 5.74) is 2.45. The molecule has 176 valence electrons. The molecule has 0 spiro atoms. The Morgan fingerprint density at radius 1 is 0.794 bits per heavy atom. The molecule has 0 radical (unpaired) electrons. The Morgan fingerprint density at radius 2 is 1.47 bits per heavy atom. The first-order chi connectivity index (χ1) is 16.3. The van der Waals surface area contributed by atoms with Crippen LogP contribution in [-0.2, 0) is 4.74 Å². The van der Waals surface area contributed by atoms with Gasteiger partial charge in [0.05, 0.1) is 35.5 Å². The molecular formula is C23H20Cl2N4O4S. The van der Waals surface area contributed by atoms with Gasteiger partial charge in [-0.2, -0.15) is 0 Å². The number of urea groups is 1. The molecule has 34 heavy (non-hydrogen) atoms. The Morgan fingerprint density at radius 3 is 2.15 bits per heavy atom. The van der Waals surface area contributed by atoms with Crippen molar-refractivity contribution in [3.8, 4) is 5.75 Å². The van der Waals surface area contributed by atoms with Crippen molar-refractivity contribution in [2.45, 2.75) is 0 Å². The number of nitrogens with one attached hydrogen (secondary N) is 4. The van der Waals surface area contributed by atoms with Gasteiger partial charge >= 0.3 is 12.0 Å². The summed E-state index contributed by atoms with van der Waals surface area (Å²) in [6.07, 6.45) is 0. The third kappa shape index (κ3) is 6.74. The zero-order valence-electron chi connectivity index (χ0n) is 18.1. The highest BCUT2D eigenvalue weighted by Gasteiger charge is 2.11. The van der Waals surface area contributed by atoms with E-state index in [1.807, 2.05) is 0 Å². The van der Waals surface area contributed by atoms with Gasteiger partial charge in [0.1, 0.15) is 5.75 Å². The van der Waals surface area contributed by atoms with Crippen molar-refractivity contribution in [3.63, 3.8) is 0 Å². The van der Waals surface area contributed by atoms with E-state index in [0.717, 1.165) is 0 Å². The number of hydrogen-bond acceptors (Lipinski definition) is 5. The van der Waals surface area contributed by atoms with Gasteiger partial charge in [0.25, 0.3) is 0 Å². The standard InChI is InChI=1S/C23H20Cl2N4O4S/c1-32-20-9-7-16(27-22(31)26-15-6-8-17(24)18(25)11-15)12-19(20)29-23(34)28-14-5-3-4-13(10-14)21(30)33-2/h3-12H,1-2H3,(H2,26,27,31)(H2,28,29,34). The van der Waals surface area contributed by atoms with Gasteiger partial charge in [-0.3, -0.25) is 0 Å². The lowest BCUT2D eigenvalue weighted by Crippen LogP contribution is -2.21. The molecule has 2 amide bonds. The van der Waals surface area contributed by atoms with Gasteiger partial charge in [-0.15, -0.1) is 0 Å². The Hall–Kier alpha value is -3.53. The summed E-state index contributed by atoms with van der Waals surface area (Å²) in [6, 6.07) is 16.0. The summed E-state index contributed by atoms with van der Waals surface area (Å²) in [6.45, 7) is 0. The first-order valence-corrected chi connectivity index (χ1v) is 10.9. The molecule has 0 saturated carbocycles. The van der Waals surface area contributed by atoms with E-state index in [-0.39, 0.29) is 5.11 Å². The monoisotopic (exact) mass is 518 g/mol. The van der Waals surface area contributed by atoms with E-state index in [4.69, 9.17) is 44.9 Å². The van der Waals surface area contributed by atoms with Crippen LogP contribution in [0.2, 0.25) is 10.0 Å². The lowest BCUT2D eigenvalue weighted by Gasteiger charge is -2.16. The molecule has 0 bridgehead atoms. The SMILES string of the molecule is COC(=O)c1cccc(NC(=S)Nc2cc(NC(=O)Nc3ccc(Cl)c(Cl)c3)ccc2OC)c1. The minimum absolute atomic E-state index is 0.248. The number of benzene rings is 3. The van der Waals surface area contributed by atoms with E-state index in [2.05, 4.69) is 21.3 Å². The first kappa shape index (κ1) is 25.1. The minimum Gasteiger partial charge on any atom is -0.495 e. The fraction of sp³-hybridized carbons (Fsp3) is 0.0870. The molecule has 0 unspecified atom stereocenters. The molecule has 0 aliphatic heterocycles. The Bertz CT molecular complexity index is 1240. The maximum Gasteiger partial charge on any atom is 0.337 e. The normalized spacial score (nSPS) is 10.1. The largest absolute Gasteiger partial charge is 0.495 e. The molecule has 11 heteroatoms. The summed E-state index contributed by atoms with van der Waals surface area (Å²) in [4.78, 5) is 24.1. The van der Waals surface area contributed by atoms with Crippen LogP contribution < -0.4 is 26.0 Å². The highest BCUT2D eigenvalue weighted by Crippen LogP contribution is 2.29. The number of carbonyl (C=O) groups is 2. The Labute approximate surface area is 211 Å². The fourth-order valence-electron chi connectivity index (χ4n) is 2.88. The summed E-state index contributed by atoms with van der Waals surface area (Å²) in [7, 11) is 2.83. The molecular weight excluding hydrogens is 499 g/mol. The molecule has 0 aliphatic rings. The average Bonchev–Trinajstić information content (AvgIpc) is 2.81. The van der Waals surface area contributed by atoms with Crippen LogP contribution in [0.3, 0.4) is 0 Å². The minimum atomic E-state index is -0.477. The van der Waals surface area contributed by atoms with Crippen LogP contribution in [0.15, 0.2) is 60.7 Å². The quantitative estimate of drug-likeness (QED) is 0.226. The number of anilines is 4. The third-order valence-electron chi connectivity index (χ3n) is 4.42. The van der Waals surface area contributed by atoms with Crippen molar-refractivity contribution in [1.82, 2.24) is 0 Å². The van der Waals surface area contributed by atoms with E-state index in [9.17, 15) is 9.59 Å². The molecule has 8 nitrogen and oxygen atoms in total. The number of esters is 1. The van der Waals surface area contributed by atoms with Gasteiger partial charge in [0, 0.05) is 17.1 Å². The summed E-state index contributed by atoms with van der Waals surface area (Å²) >= 11 is 17.3. The van der Waals surface area contributed by atoms with Gasteiger partial charge < -0.3 is 30.7 Å². The van der Waals surface area contributed by atoms with Crippen molar-refractivity contribution in [2.75, 3.05) is 35.5 Å². The topological polar surface area (TPSA) is 101 Å². The smallest absolute Gasteiger partial charge is 0.337 e. The van der Waals surface area contributed by atoms with Crippen LogP contribution in [-0.4, -0.2) is 31.3 Å². The second-order valence-electron chi connectivity index (χ2n) is 6.77. The summed E-state index contributed by atoms with van der Waals surface area (Å²) in [5, 5.41) is 12.4. The molecule has 0 saturated heterocycles. The molecule has 3 aromatic carbocycles. The number of amides is 2. The predicted molar refractivity (Wildman–Crippen MR) is 140 cm³/mol. The van der Waals surface area contributed by atoms with Crippen LogP contribution in [0.1, 0.15) is 10.4 Å². The number of halogens is 2. The Balaban J connectivity index is 1.68. The van der Waals surface area contributed by atoms with Crippen LogP contribution in [0.25, 0.3) is 0 Å². The van der Waals surface area contributed by atoms with E-state index < -0.39 is 12.0 Å². The second-order valence-corrected chi connectivity index (χ2v) is 8.00. The van der Waals surface area contributed by atoms with Gasteiger partial charge in [0.15, 0.2) is 5.11 Å². The molecule has 3 rings (SSSR count). The predicted octanol–water partition coefficient (Wildman–Crippen LogP) is 6.24. The van der Waals surface area contributed by atoms with Gasteiger partial charge in [0.2, 0.25) is 0 Å². The molecule has 0 aliphatic carbocycles. The maximum atomic E-state index is 12.4. The first-order valence-electron chi connectivity index (χ1n) is 9.76. The lowest BCUT2D eigenvalue weighted by molar-refractivity contribution is 0.0600. The zero-order valence-corrected chi connectivity index (χ0v) is 20.4. The molecule has 3 aromatic rings. The van der Waals surface area contributed by atoms with E-state index in [0.29, 0.717) is 44.1 Å². The third-order valence-corrected chi connectivity index (χ3v) is 5.37. The van der Waals surface area contributed by atoms with Crippen molar-refractivity contribution >= 4 is 75.3 Å². The lowest BCUT2D eigenvalue weighted by atomic mass is 10.2. The second kappa shape index (κ2) is 11.6. The van der Waals surface area contributed by atoms with Gasteiger partial charge in [-0.05, 0) is 66.8 Å². The molecule has 0 fully saturated rings. The summed E-state index contributed by atoms with van der Waals surface area (Å²) < 4.78 is 10.1. The number of methoxy groups -OCH3 is 2. The molecule has 0 heterocycles. The van der Waals surface area contributed by atoms with Crippen LogP contribution in [0, 0.1) is 0 Å². The Kier molecular flexibility index (Phi) is 8.53. The van der Waals surface area contributed by atoms with E-state index in [1.165, 1.54) is 14.2 Å². The van der Waals surface area contributed by atoms with Crippen LogP contribution in [0.4, 0.5) is 27.5 Å². The number of rotatable bonds is 6.